The van der Waals surface area contributed by atoms with Crippen LogP contribution >= 0.6 is 0 Å². The van der Waals surface area contributed by atoms with Crippen molar-refractivity contribution in [3.8, 4) is 0 Å². The first-order valence-electron chi connectivity index (χ1n) is 8.29. The van der Waals surface area contributed by atoms with Gasteiger partial charge in [-0.1, -0.05) is 0 Å². The number of piperidine rings is 1. The molecule has 1 aromatic heterocycles. The van der Waals surface area contributed by atoms with Gasteiger partial charge in [0.05, 0.1) is 25.2 Å². The van der Waals surface area contributed by atoms with Gasteiger partial charge in [0.1, 0.15) is 0 Å². The fourth-order valence-corrected chi connectivity index (χ4v) is 3.85. The van der Waals surface area contributed by atoms with Gasteiger partial charge in [-0.25, -0.2) is 4.79 Å². The molecule has 3 saturated heterocycles. The van der Waals surface area contributed by atoms with Crippen LogP contribution in [0, 0.1) is 0 Å². The summed E-state index contributed by atoms with van der Waals surface area (Å²) >= 11 is 0. The molecule has 0 saturated carbocycles. The number of carbonyl (C=O) groups excluding carboxylic acids is 2. The van der Waals surface area contributed by atoms with Crippen LogP contribution in [0.1, 0.15) is 28.9 Å². The summed E-state index contributed by atoms with van der Waals surface area (Å²) in [6.45, 7) is 2.19. The molecule has 14 heteroatoms. The van der Waals surface area contributed by atoms with Crippen molar-refractivity contribution in [2.45, 2.75) is 18.4 Å². The first-order valence-corrected chi connectivity index (χ1v) is 9.65. The largest absolute Gasteiger partial charge is 0.418 e. The highest BCUT2D eigenvalue weighted by Crippen LogP contribution is 2.36. The fourth-order valence-electron chi connectivity index (χ4n) is 3.47. The van der Waals surface area contributed by atoms with E-state index in [0.717, 1.165) is 0 Å². The number of hydrogen-bond donors (Lipinski definition) is 1. The zero-order valence-corrected chi connectivity index (χ0v) is 14.9. The SMILES string of the molecule is O=C(c1nnc([C@@H]2CCN3C[C@@H]2N(OS(=O)(=O)O)C3=O)o1)N1CCOCC1. The topological polar surface area (TPSA) is 156 Å². The zero-order chi connectivity index (χ0) is 19.2. The van der Waals surface area contributed by atoms with Gasteiger partial charge in [0.25, 0.3) is 0 Å². The molecule has 148 valence electrons. The lowest BCUT2D eigenvalue weighted by Gasteiger charge is -2.27. The van der Waals surface area contributed by atoms with Crippen molar-refractivity contribution >= 4 is 22.3 Å². The second-order valence-electron chi connectivity index (χ2n) is 6.37. The summed E-state index contributed by atoms with van der Waals surface area (Å²) in [7, 11) is -4.87. The van der Waals surface area contributed by atoms with Crippen LogP contribution in [0.2, 0.25) is 0 Å². The Labute approximate surface area is 153 Å². The predicted octanol–water partition coefficient (Wildman–Crippen LogP) is -1.13. The van der Waals surface area contributed by atoms with Crippen LogP contribution in [0.15, 0.2) is 4.42 Å². The van der Waals surface area contributed by atoms with Gasteiger partial charge < -0.3 is 19.0 Å². The molecule has 1 N–H and O–H groups in total. The molecular weight excluding hydrogens is 386 g/mol. The Hall–Kier alpha value is -2.29. The molecular formula is C13H17N5O8S. The molecule has 0 aromatic carbocycles. The highest BCUT2D eigenvalue weighted by Gasteiger charge is 2.50. The minimum absolute atomic E-state index is 0.106. The van der Waals surface area contributed by atoms with E-state index in [2.05, 4.69) is 14.5 Å². The fraction of sp³-hybridized carbons (Fsp3) is 0.692. The van der Waals surface area contributed by atoms with Crippen molar-refractivity contribution < 1.29 is 36.0 Å². The Morgan fingerprint density at radius 2 is 1.96 bits per heavy atom. The van der Waals surface area contributed by atoms with Gasteiger partial charge >= 0.3 is 28.2 Å². The van der Waals surface area contributed by atoms with Crippen LogP contribution in [0.25, 0.3) is 0 Å². The lowest BCUT2D eigenvalue weighted by molar-refractivity contribution is -0.0393. The summed E-state index contributed by atoms with van der Waals surface area (Å²) in [6, 6.07) is -1.43. The van der Waals surface area contributed by atoms with Gasteiger partial charge in [-0.15, -0.1) is 14.5 Å². The molecule has 1 aromatic rings. The summed E-state index contributed by atoms with van der Waals surface area (Å²) < 4.78 is 46.1. The molecule has 2 bridgehead atoms. The van der Waals surface area contributed by atoms with Crippen molar-refractivity contribution in [2.75, 3.05) is 39.4 Å². The van der Waals surface area contributed by atoms with E-state index in [4.69, 9.17) is 13.7 Å². The van der Waals surface area contributed by atoms with Crippen LogP contribution < -0.4 is 0 Å². The van der Waals surface area contributed by atoms with Crippen LogP contribution in [0.3, 0.4) is 0 Å². The van der Waals surface area contributed by atoms with Crippen LogP contribution in [-0.4, -0.2) is 95.4 Å². The first kappa shape index (κ1) is 18.1. The lowest BCUT2D eigenvalue weighted by Crippen LogP contribution is -2.41. The van der Waals surface area contributed by atoms with Gasteiger partial charge in [-0.2, -0.15) is 13.5 Å². The van der Waals surface area contributed by atoms with E-state index in [1.807, 2.05) is 0 Å². The Bertz CT molecular complexity index is 851. The summed E-state index contributed by atoms with van der Waals surface area (Å²) in [5.74, 6) is -1.02. The minimum atomic E-state index is -4.87. The number of fused-ring (bicyclic) bond motifs is 2. The molecule has 13 nitrogen and oxygen atoms in total. The van der Waals surface area contributed by atoms with E-state index < -0.39 is 34.3 Å². The Morgan fingerprint density at radius 3 is 2.67 bits per heavy atom. The summed E-state index contributed by atoms with van der Waals surface area (Å²) in [4.78, 5) is 27.5. The van der Waals surface area contributed by atoms with Crippen LogP contribution in [-0.2, 0) is 19.4 Å². The van der Waals surface area contributed by atoms with Gasteiger partial charge in [0.2, 0.25) is 5.89 Å². The third-order valence-corrected chi connectivity index (χ3v) is 5.10. The van der Waals surface area contributed by atoms with Gasteiger partial charge in [0, 0.05) is 26.2 Å². The minimum Gasteiger partial charge on any atom is -0.417 e. The number of morpholine rings is 1. The molecule has 3 aliphatic heterocycles. The number of amides is 3. The highest BCUT2D eigenvalue weighted by atomic mass is 32.3. The average molecular weight is 403 g/mol. The number of hydrogen-bond acceptors (Lipinski definition) is 9. The molecule has 0 aliphatic carbocycles. The molecule has 4 heterocycles. The molecule has 3 aliphatic rings. The Morgan fingerprint density at radius 1 is 1.22 bits per heavy atom. The normalized spacial score (nSPS) is 26.0. The van der Waals surface area contributed by atoms with E-state index in [0.29, 0.717) is 44.3 Å². The third kappa shape index (κ3) is 3.47. The maximum atomic E-state index is 12.4. The second kappa shape index (κ2) is 6.70. The van der Waals surface area contributed by atoms with Gasteiger partial charge in [-0.05, 0) is 6.42 Å². The van der Waals surface area contributed by atoms with Gasteiger partial charge in [0.15, 0.2) is 0 Å². The molecule has 3 fully saturated rings. The highest BCUT2D eigenvalue weighted by molar-refractivity contribution is 7.80. The molecule has 0 unspecified atom stereocenters. The first-order chi connectivity index (χ1) is 12.8. The average Bonchev–Trinajstić information content (AvgIpc) is 3.22. The standard InChI is InChI=1S/C13H17N5O8S/c19-12(16-3-5-24-6-4-16)11-15-14-10(25-11)8-1-2-17-7-9(8)18(13(17)20)26-27(21,22)23/h8-9H,1-7H2,(H,21,22,23)/t8-,9+/m1/s1. The number of ether oxygens (including phenoxy) is 1. The van der Waals surface area contributed by atoms with Crippen LogP contribution in [0.5, 0.6) is 0 Å². The maximum absolute atomic E-state index is 12.4. The molecule has 27 heavy (non-hydrogen) atoms. The molecule has 4 rings (SSSR count). The molecule has 3 amide bonds. The van der Waals surface area contributed by atoms with Crippen LogP contribution in [0.4, 0.5) is 4.79 Å². The molecule has 0 radical (unpaired) electrons. The van der Waals surface area contributed by atoms with Gasteiger partial charge in [-0.3, -0.25) is 9.35 Å². The monoisotopic (exact) mass is 403 g/mol. The Balaban J connectivity index is 1.54. The van der Waals surface area contributed by atoms with Crippen molar-refractivity contribution in [3.63, 3.8) is 0 Å². The van der Waals surface area contributed by atoms with E-state index in [9.17, 15) is 18.0 Å². The predicted molar refractivity (Wildman–Crippen MR) is 83.6 cm³/mol. The number of hydroxylamine groups is 2. The quantitative estimate of drug-likeness (QED) is 0.610. The van der Waals surface area contributed by atoms with Crippen molar-refractivity contribution in [2.24, 2.45) is 0 Å². The number of rotatable bonds is 4. The Kier molecular flexibility index (Phi) is 4.49. The summed E-state index contributed by atoms with van der Waals surface area (Å²) in [5, 5.41) is 8.30. The van der Waals surface area contributed by atoms with E-state index in [-0.39, 0.29) is 18.3 Å². The smallest absolute Gasteiger partial charge is 0.417 e. The van der Waals surface area contributed by atoms with Crippen molar-refractivity contribution in [3.05, 3.63) is 11.8 Å². The van der Waals surface area contributed by atoms with E-state index >= 15 is 0 Å². The maximum Gasteiger partial charge on any atom is 0.418 e. The van der Waals surface area contributed by atoms with E-state index in [1.54, 1.807) is 0 Å². The van der Waals surface area contributed by atoms with E-state index in [1.165, 1.54) is 9.80 Å². The zero-order valence-electron chi connectivity index (χ0n) is 14.1. The third-order valence-electron chi connectivity index (χ3n) is 4.76. The summed E-state index contributed by atoms with van der Waals surface area (Å²) in [5.41, 5.74) is 0. The molecule has 0 spiro atoms. The summed E-state index contributed by atoms with van der Waals surface area (Å²) in [6.07, 6.45) is 0.412. The van der Waals surface area contributed by atoms with Crippen molar-refractivity contribution in [1.82, 2.24) is 25.1 Å². The number of carbonyl (C=O) groups is 2. The number of aromatic nitrogens is 2. The van der Waals surface area contributed by atoms with Crippen molar-refractivity contribution in [1.29, 1.82) is 0 Å². The lowest BCUT2D eigenvalue weighted by atomic mass is 9.93. The second-order valence-corrected chi connectivity index (χ2v) is 7.37. The number of nitrogens with zero attached hydrogens (tertiary/aromatic N) is 5. The molecule has 2 atom stereocenters. The number of urea groups is 1.